The summed E-state index contributed by atoms with van der Waals surface area (Å²) in [5.74, 6) is 0.246. The van der Waals surface area contributed by atoms with Gasteiger partial charge in [-0.15, -0.1) is 0 Å². The van der Waals surface area contributed by atoms with Gasteiger partial charge < -0.3 is 4.90 Å². The molecule has 0 aliphatic carbocycles. The van der Waals surface area contributed by atoms with Gasteiger partial charge in [0.1, 0.15) is 0 Å². The summed E-state index contributed by atoms with van der Waals surface area (Å²) in [7, 11) is 0. The molecule has 2 aliphatic rings. The van der Waals surface area contributed by atoms with E-state index in [1.165, 1.54) is 5.56 Å². The molecule has 0 atom stereocenters. The number of piperidine rings is 1. The zero-order valence-electron chi connectivity index (χ0n) is 12.7. The zero-order chi connectivity index (χ0) is 15.0. The first kappa shape index (κ1) is 14.1. The van der Waals surface area contributed by atoms with Crippen LogP contribution in [0, 0.1) is 11.3 Å². The summed E-state index contributed by atoms with van der Waals surface area (Å²) >= 11 is 0. The van der Waals surface area contributed by atoms with Crippen LogP contribution in [0.1, 0.15) is 32.3 Å². The molecule has 21 heavy (non-hydrogen) atoms. The summed E-state index contributed by atoms with van der Waals surface area (Å²) in [6, 6.07) is 10.6. The van der Waals surface area contributed by atoms with Gasteiger partial charge in [-0.1, -0.05) is 18.2 Å². The molecule has 0 N–H and O–H groups in total. The van der Waals surface area contributed by atoms with Crippen molar-refractivity contribution in [1.29, 1.82) is 5.26 Å². The van der Waals surface area contributed by atoms with Gasteiger partial charge in [-0.05, 0) is 38.3 Å². The van der Waals surface area contributed by atoms with E-state index in [1.807, 2.05) is 17.0 Å². The van der Waals surface area contributed by atoms with Crippen LogP contribution in [0.15, 0.2) is 24.3 Å². The Labute approximate surface area is 126 Å². The van der Waals surface area contributed by atoms with E-state index < -0.39 is 0 Å². The molecule has 1 saturated heterocycles. The van der Waals surface area contributed by atoms with E-state index in [0.29, 0.717) is 6.54 Å². The summed E-state index contributed by atoms with van der Waals surface area (Å²) in [4.78, 5) is 17.2. The Morgan fingerprint density at radius 2 is 1.95 bits per heavy atom. The lowest BCUT2D eigenvalue weighted by Crippen LogP contribution is -2.50. The van der Waals surface area contributed by atoms with Crippen molar-refractivity contribution < 1.29 is 4.79 Å². The average molecular weight is 283 g/mol. The molecule has 1 aromatic carbocycles. The van der Waals surface area contributed by atoms with Crippen molar-refractivity contribution in [1.82, 2.24) is 4.90 Å². The highest BCUT2D eigenvalue weighted by molar-refractivity contribution is 6.08. The SMILES string of the molecule is CC(C)N1C(=O)C2(CCN(CC#N)CC2)c2ccccc21. The molecule has 0 aromatic heterocycles. The third-order valence-electron chi connectivity index (χ3n) is 4.83. The number of fused-ring (bicyclic) bond motifs is 2. The van der Waals surface area contributed by atoms with Gasteiger partial charge >= 0.3 is 0 Å². The van der Waals surface area contributed by atoms with Crippen LogP contribution in [-0.2, 0) is 10.2 Å². The van der Waals surface area contributed by atoms with E-state index in [4.69, 9.17) is 5.26 Å². The average Bonchev–Trinajstić information content (AvgIpc) is 2.72. The van der Waals surface area contributed by atoms with Crippen LogP contribution < -0.4 is 4.90 Å². The Morgan fingerprint density at radius 3 is 2.57 bits per heavy atom. The molecule has 4 heteroatoms. The Balaban J connectivity index is 1.97. The summed E-state index contributed by atoms with van der Waals surface area (Å²) in [6.07, 6.45) is 1.63. The molecule has 0 unspecified atom stereocenters. The molecule has 1 spiro atoms. The standard InChI is InChI=1S/C17H21N3O/c1-13(2)20-15-6-4-3-5-14(15)17(16(20)21)7-10-19(11-8-17)12-9-18/h3-6,13H,7-8,10-12H2,1-2H3. The van der Waals surface area contributed by atoms with Crippen LogP contribution in [0.3, 0.4) is 0 Å². The fourth-order valence-corrected chi connectivity index (χ4v) is 3.73. The quantitative estimate of drug-likeness (QED) is 0.782. The Kier molecular flexibility index (Phi) is 3.46. The van der Waals surface area contributed by atoms with Crippen LogP contribution in [0.5, 0.6) is 0 Å². The van der Waals surface area contributed by atoms with Crippen LogP contribution in [0.25, 0.3) is 0 Å². The molecule has 2 aliphatic heterocycles. The van der Waals surface area contributed by atoms with Gasteiger partial charge in [-0.3, -0.25) is 9.69 Å². The highest BCUT2D eigenvalue weighted by Gasteiger charge is 2.52. The van der Waals surface area contributed by atoms with Gasteiger partial charge in [-0.25, -0.2) is 0 Å². The van der Waals surface area contributed by atoms with E-state index in [-0.39, 0.29) is 17.4 Å². The number of nitrogens with zero attached hydrogens (tertiary/aromatic N) is 3. The van der Waals surface area contributed by atoms with E-state index in [9.17, 15) is 4.79 Å². The van der Waals surface area contributed by atoms with Crippen LogP contribution >= 0.6 is 0 Å². The van der Waals surface area contributed by atoms with Crippen molar-refractivity contribution in [3.8, 4) is 6.07 Å². The molecule has 110 valence electrons. The number of nitriles is 1. The molecule has 2 heterocycles. The number of hydrogen-bond acceptors (Lipinski definition) is 3. The summed E-state index contributed by atoms with van der Waals surface area (Å²) in [6.45, 7) is 6.23. The van der Waals surface area contributed by atoms with Gasteiger partial charge in [0.05, 0.1) is 18.0 Å². The second kappa shape index (κ2) is 5.16. The van der Waals surface area contributed by atoms with Crippen LogP contribution in [-0.4, -0.2) is 36.5 Å². The minimum atomic E-state index is -0.368. The number of likely N-dealkylation sites (tertiary alicyclic amines) is 1. The molecule has 1 aromatic rings. The molecular weight excluding hydrogens is 262 g/mol. The van der Waals surface area contributed by atoms with Gasteiger partial charge in [-0.2, -0.15) is 5.26 Å². The molecule has 0 saturated carbocycles. The number of para-hydroxylation sites is 1. The van der Waals surface area contributed by atoms with Crippen LogP contribution in [0.4, 0.5) is 5.69 Å². The van der Waals surface area contributed by atoms with Crippen molar-refractivity contribution in [2.24, 2.45) is 0 Å². The lowest BCUT2D eigenvalue weighted by molar-refractivity contribution is -0.125. The van der Waals surface area contributed by atoms with Gasteiger partial charge in [0.2, 0.25) is 5.91 Å². The minimum Gasteiger partial charge on any atom is -0.309 e. The van der Waals surface area contributed by atoms with Crippen molar-refractivity contribution in [3.05, 3.63) is 29.8 Å². The number of hydrogen-bond donors (Lipinski definition) is 0. The molecule has 1 fully saturated rings. The Bertz CT molecular complexity index is 594. The number of rotatable bonds is 2. The Hall–Kier alpha value is -1.86. The molecular formula is C17H21N3O. The fraction of sp³-hybridized carbons (Fsp3) is 0.529. The molecule has 4 nitrogen and oxygen atoms in total. The highest BCUT2D eigenvalue weighted by Crippen LogP contribution is 2.48. The van der Waals surface area contributed by atoms with E-state index >= 15 is 0 Å². The number of amides is 1. The van der Waals surface area contributed by atoms with E-state index in [2.05, 4.69) is 36.9 Å². The van der Waals surface area contributed by atoms with Crippen molar-refractivity contribution >= 4 is 11.6 Å². The maximum atomic E-state index is 13.1. The molecule has 1 amide bonds. The lowest BCUT2D eigenvalue weighted by atomic mass is 9.73. The summed E-state index contributed by atoms with van der Waals surface area (Å²) < 4.78 is 0. The predicted octanol–water partition coefficient (Wildman–Crippen LogP) is 2.30. The maximum Gasteiger partial charge on any atom is 0.238 e. The Morgan fingerprint density at radius 1 is 1.29 bits per heavy atom. The lowest BCUT2D eigenvalue weighted by Gasteiger charge is -2.38. The van der Waals surface area contributed by atoms with Gasteiger partial charge in [0.25, 0.3) is 0 Å². The zero-order valence-corrected chi connectivity index (χ0v) is 12.7. The second-order valence-electron chi connectivity index (χ2n) is 6.30. The predicted molar refractivity (Wildman–Crippen MR) is 82.0 cm³/mol. The first-order chi connectivity index (χ1) is 10.1. The fourth-order valence-electron chi connectivity index (χ4n) is 3.73. The number of benzene rings is 1. The van der Waals surface area contributed by atoms with Crippen molar-refractivity contribution in [2.75, 3.05) is 24.5 Å². The van der Waals surface area contributed by atoms with E-state index in [1.54, 1.807) is 0 Å². The van der Waals surface area contributed by atoms with Crippen molar-refractivity contribution in [3.63, 3.8) is 0 Å². The smallest absolute Gasteiger partial charge is 0.238 e. The number of anilines is 1. The van der Waals surface area contributed by atoms with E-state index in [0.717, 1.165) is 31.6 Å². The monoisotopic (exact) mass is 283 g/mol. The normalized spacial score (nSPS) is 20.9. The summed E-state index contributed by atoms with van der Waals surface area (Å²) in [5.41, 5.74) is 1.89. The molecule has 0 bridgehead atoms. The second-order valence-corrected chi connectivity index (χ2v) is 6.30. The molecule has 3 rings (SSSR count). The number of carbonyl (C=O) groups is 1. The third kappa shape index (κ3) is 2.04. The van der Waals surface area contributed by atoms with Crippen LogP contribution in [0.2, 0.25) is 0 Å². The summed E-state index contributed by atoms with van der Waals surface area (Å²) in [5, 5.41) is 8.83. The van der Waals surface area contributed by atoms with Crippen molar-refractivity contribution in [2.45, 2.75) is 38.1 Å². The first-order valence-corrected chi connectivity index (χ1v) is 7.62. The first-order valence-electron chi connectivity index (χ1n) is 7.62. The minimum absolute atomic E-state index is 0.176. The third-order valence-corrected chi connectivity index (χ3v) is 4.83. The largest absolute Gasteiger partial charge is 0.309 e. The number of carbonyl (C=O) groups excluding carboxylic acids is 1. The van der Waals surface area contributed by atoms with Gasteiger partial charge in [0.15, 0.2) is 0 Å². The maximum absolute atomic E-state index is 13.1. The molecule has 0 radical (unpaired) electrons. The van der Waals surface area contributed by atoms with Gasteiger partial charge in [0, 0.05) is 24.8 Å². The highest BCUT2D eigenvalue weighted by atomic mass is 16.2. The topological polar surface area (TPSA) is 47.3 Å².